The topological polar surface area (TPSA) is 84.4 Å². The van der Waals surface area contributed by atoms with E-state index >= 15 is 0 Å². The zero-order chi connectivity index (χ0) is 27.9. The van der Waals surface area contributed by atoms with Crippen LogP contribution in [-0.2, 0) is 10.0 Å². The first-order valence-electron chi connectivity index (χ1n) is 13.9. The first kappa shape index (κ1) is 27.6. The molecule has 1 fully saturated rings. The Morgan fingerprint density at radius 1 is 1.03 bits per heavy atom. The van der Waals surface area contributed by atoms with Gasteiger partial charge in [0, 0.05) is 23.6 Å². The van der Waals surface area contributed by atoms with Gasteiger partial charge in [0.2, 0.25) is 11.8 Å². The van der Waals surface area contributed by atoms with E-state index in [2.05, 4.69) is 53.6 Å². The molecule has 1 N–H and O–H groups in total. The Labute approximate surface area is 233 Å². The van der Waals surface area contributed by atoms with Crippen molar-refractivity contribution in [1.29, 1.82) is 0 Å². The molecule has 208 valence electrons. The van der Waals surface area contributed by atoms with E-state index in [1.54, 1.807) is 6.07 Å². The molecule has 39 heavy (non-hydrogen) atoms. The fraction of sp³-hybridized carbons (Fsp3) is 0.484. The van der Waals surface area contributed by atoms with E-state index in [1.165, 1.54) is 0 Å². The lowest BCUT2D eigenvalue weighted by molar-refractivity contribution is 0.0669. The van der Waals surface area contributed by atoms with Gasteiger partial charge in [-0.1, -0.05) is 44.2 Å². The van der Waals surface area contributed by atoms with E-state index < -0.39 is 10.0 Å². The maximum absolute atomic E-state index is 13.6. The molecule has 3 aromatic rings. The molecule has 1 aromatic heterocycles. The van der Waals surface area contributed by atoms with Crippen LogP contribution in [0.1, 0.15) is 55.7 Å². The van der Waals surface area contributed by atoms with E-state index in [4.69, 9.17) is 4.74 Å². The molecule has 0 amide bonds. The van der Waals surface area contributed by atoms with Gasteiger partial charge in [0.25, 0.3) is 10.0 Å². The first-order valence-corrected chi connectivity index (χ1v) is 15.4. The molecule has 0 spiro atoms. The smallest absolute Gasteiger partial charge is 0.264 e. The summed E-state index contributed by atoms with van der Waals surface area (Å²) in [5.74, 6) is 1.74. The summed E-state index contributed by atoms with van der Waals surface area (Å²) in [6.07, 6.45) is 3.16. The van der Waals surface area contributed by atoms with Crippen molar-refractivity contribution >= 4 is 16.0 Å². The highest BCUT2D eigenvalue weighted by atomic mass is 32.2. The van der Waals surface area contributed by atoms with Crippen molar-refractivity contribution in [2.75, 3.05) is 25.4 Å². The number of sulfonamides is 1. The molecule has 1 unspecified atom stereocenters. The summed E-state index contributed by atoms with van der Waals surface area (Å²) >= 11 is 0. The predicted octanol–water partition coefficient (Wildman–Crippen LogP) is 6.04. The average Bonchev–Trinajstić information content (AvgIpc) is 2.82. The lowest BCUT2D eigenvalue weighted by atomic mass is 9.64. The van der Waals surface area contributed by atoms with Crippen LogP contribution in [0.15, 0.2) is 53.4 Å². The van der Waals surface area contributed by atoms with Gasteiger partial charge in [0.15, 0.2) is 0 Å². The van der Waals surface area contributed by atoms with Crippen LogP contribution in [0.5, 0.6) is 5.88 Å². The summed E-state index contributed by atoms with van der Waals surface area (Å²) in [6.45, 7) is 9.04. The SMILES string of the molecule is Cc1cccc(C)c1-c1cc2nc(n1)NS(=O)(=O)c1cccc(c1)C(C1CC(N(C)C)C1)[C@H](CC(C)C)CO2. The van der Waals surface area contributed by atoms with Crippen molar-refractivity contribution in [2.45, 2.75) is 63.8 Å². The van der Waals surface area contributed by atoms with E-state index in [0.29, 0.717) is 36.1 Å². The van der Waals surface area contributed by atoms with Crippen LogP contribution in [0.4, 0.5) is 5.95 Å². The molecule has 2 aliphatic rings. The van der Waals surface area contributed by atoms with Gasteiger partial charge < -0.3 is 9.64 Å². The van der Waals surface area contributed by atoms with Crippen LogP contribution in [0.25, 0.3) is 11.3 Å². The van der Waals surface area contributed by atoms with Crippen LogP contribution in [-0.4, -0.2) is 50.0 Å². The molecule has 2 aromatic carbocycles. The van der Waals surface area contributed by atoms with Crippen LogP contribution in [0, 0.1) is 31.6 Å². The van der Waals surface area contributed by atoms with Crippen LogP contribution in [0.3, 0.4) is 0 Å². The summed E-state index contributed by atoms with van der Waals surface area (Å²) in [4.78, 5) is 11.7. The third kappa shape index (κ3) is 5.82. The number of aromatic nitrogens is 2. The van der Waals surface area contributed by atoms with Gasteiger partial charge in [0.1, 0.15) is 0 Å². The molecular weight excluding hydrogens is 508 g/mol. The zero-order valence-corrected chi connectivity index (χ0v) is 24.6. The largest absolute Gasteiger partial charge is 0.477 e. The molecule has 4 bridgehead atoms. The first-order chi connectivity index (χ1) is 18.5. The number of benzene rings is 2. The third-order valence-electron chi connectivity index (χ3n) is 8.33. The quantitative estimate of drug-likeness (QED) is 0.419. The Morgan fingerprint density at radius 3 is 2.38 bits per heavy atom. The van der Waals surface area contributed by atoms with E-state index in [9.17, 15) is 8.42 Å². The molecule has 2 atom stereocenters. The maximum Gasteiger partial charge on any atom is 0.264 e. The highest BCUT2D eigenvalue weighted by molar-refractivity contribution is 7.92. The van der Waals surface area contributed by atoms with Crippen molar-refractivity contribution in [1.82, 2.24) is 14.9 Å². The van der Waals surface area contributed by atoms with E-state index in [0.717, 1.165) is 41.5 Å². The van der Waals surface area contributed by atoms with Crippen molar-refractivity contribution in [2.24, 2.45) is 17.8 Å². The minimum absolute atomic E-state index is 0.0147. The van der Waals surface area contributed by atoms with Crippen molar-refractivity contribution in [3.05, 3.63) is 65.2 Å². The lowest BCUT2D eigenvalue weighted by Gasteiger charge is -2.46. The molecule has 1 aliphatic carbocycles. The standard InChI is InChI=1S/C31H40N4O3S/c1-19(2)13-24-18-38-28-17-27(29-20(3)9-7-10-21(29)4)32-31(33-28)34-39(36,37)26-12-8-11-22(16-26)30(24)23-14-25(15-23)35(5)6/h7-12,16-17,19,23-25,30H,13-15,18H2,1-6H3,(H,32,33,34)/t23?,24-,25?,30?/m1/s1. The number of ether oxygens (including phenoxy) is 1. The monoisotopic (exact) mass is 548 g/mol. The summed E-state index contributed by atoms with van der Waals surface area (Å²) in [6, 6.07) is 15.9. The van der Waals surface area contributed by atoms with Gasteiger partial charge in [-0.3, -0.25) is 0 Å². The van der Waals surface area contributed by atoms with Crippen molar-refractivity contribution in [3.63, 3.8) is 0 Å². The average molecular weight is 549 g/mol. The summed E-state index contributed by atoms with van der Waals surface area (Å²) in [7, 11) is 0.362. The number of hydrogen-bond donors (Lipinski definition) is 1. The minimum atomic E-state index is -3.91. The Morgan fingerprint density at radius 2 is 1.72 bits per heavy atom. The third-order valence-corrected chi connectivity index (χ3v) is 9.66. The summed E-state index contributed by atoms with van der Waals surface area (Å²) in [5.41, 5.74) is 4.78. The Hall–Kier alpha value is -2.97. The van der Waals surface area contributed by atoms with Gasteiger partial charge in [0.05, 0.1) is 17.2 Å². The van der Waals surface area contributed by atoms with E-state index in [-0.39, 0.29) is 22.7 Å². The van der Waals surface area contributed by atoms with Gasteiger partial charge in [-0.15, -0.1) is 0 Å². The number of aryl methyl sites for hydroxylation is 2. The summed E-state index contributed by atoms with van der Waals surface area (Å²) in [5, 5.41) is 0. The van der Waals surface area contributed by atoms with Crippen LogP contribution < -0.4 is 9.46 Å². The number of rotatable bonds is 5. The molecule has 0 saturated heterocycles. The second kappa shape index (κ2) is 10.9. The van der Waals surface area contributed by atoms with Gasteiger partial charge >= 0.3 is 0 Å². The lowest BCUT2D eigenvalue weighted by Crippen LogP contribution is -2.44. The molecule has 1 aliphatic heterocycles. The van der Waals surface area contributed by atoms with Gasteiger partial charge in [-0.25, -0.2) is 18.1 Å². The van der Waals surface area contributed by atoms with E-state index in [1.807, 2.05) is 50.2 Å². The number of nitrogens with one attached hydrogen (secondary N) is 1. The number of fused-ring (bicyclic) bond motifs is 4. The fourth-order valence-corrected chi connectivity index (χ4v) is 7.35. The Balaban J connectivity index is 1.62. The predicted molar refractivity (Wildman–Crippen MR) is 156 cm³/mol. The zero-order valence-electron chi connectivity index (χ0n) is 23.8. The molecule has 1 saturated carbocycles. The molecule has 7 nitrogen and oxygen atoms in total. The fourth-order valence-electron chi connectivity index (χ4n) is 6.35. The second-order valence-corrected chi connectivity index (χ2v) is 13.6. The van der Waals surface area contributed by atoms with Crippen molar-refractivity contribution < 1.29 is 13.2 Å². The maximum atomic E-state index is 13.6. The van der Waals surface area contributed by atoms with Gasteiger partial charge in [-0.2, -0.15) is 4.98 Å². The Kier molecular flexibility index (Phi) is 7.71. The number of hydrogen-bond acceptors (Lipinski definition) is 6. The normalized spacial score (nSPS) is 24.2. The molecule has 5 rings (SSSR count). The van der Waals surface area contributed by atoms with Crippen LogP contribution >= 0.6 is 0 Å². The highest BCUT2D eigenvalue weighted by Crippen LogP contribution is 2.47. The summed E-state index contributed by atoms with van der Waals surface area (Å²) < 4.78 is 36.3. The minimum Gasteiger partial charge on any atom is -0.477 e. The number of anilines is 1. The number of nitrogens with zero attached hydrogens (tertiary/aromatic N) is 3. The molecule has 2 heterocycles. The molecular formula is C31H40N4O3S. The second-order valence-electron chi connectivity index (χ2n) is 11.9. The van der Waals surface area contributed by atoms with Crippen LogP contribution in [0.2, 0.25) is 0 Å². The Bertz CT molecular complexity index is 1430. The van der Waals surface area contributed by atoms with Gasteiger partial charge in [-0.05, 0) is 93.8 Å². The molecule has 8 heteroatoms. The highest BCUT2D eigenvalue weighted by Gasteiger charge is 2.41. The molecule has 0 radical (unpaired) electrons. The van der Waals surface area contributed by atoms with Crippen molar-refractivity contribution in [3.8, 4) is 17.1 Å².